The quantitative estimate of drug-likeness (QED) is 0.891. The molecule has 0 bridgehead atoms. The minimum absolute atomic E-state index is 0.218. The van der Waals surface area contributed by atoms with E-state index in [1.165, 1.54) is 32.1 Å². The molecule has 104 valence electrons. The highest BCUT2D eigenvalue weighted by atomic mass is 19.1. The molecule has 0 spiro atoms. The topological polar surface area (TPSA) is 21.3 Å². The van der Waals surface area contributed by atoms with Crippen molar-refractivity contribution in [3.05, 3.63) is 29.6 Å². The average Bonchev–Trinajstić information content (AvgIpc) is 2.40. The zero-order chi connectivity index (χ0) is 13.1. The molecule has 1 aromatic carbocycles. The summed E-state index contributed by atoms with van der Waals surface area (Å²) < 4.78 is 19.6. The number of hydrogen-bond donors (Lipinski definition) is 1. The van der Waals surface area contributed by atoms with Crippen LogP contribution in [0.5, 0.6) is 5.75 Å². The maximum Gasteiger partial charge on any atom is 0.165 e. The third-order valence-corrected chi connectivity index (χ3v) is 4.37. The number of hydrogen-bond acceptors (Lipinski definition) is 2. The van der Waals surface area contributed by atoms with E-state index >= 15 is 0 Å². The number of halogens is 1. The molecule has 1 atom stereocenters. The first-order chi connectivity index (χ1) is 9.33. The van der Waals surface area contributed by atoms with Gasteiger partial charge in [0.1, 0.15) is 0 Å². The van der Waals surface area contributed by atoms with Gasteiger partial charge in [-0.2, -0.15) is 0 Å². The van der Waals surface area contributed by atoms with Crippen LogP contribution in [0.3, 0.4) is 0 Å². The number of ether oxygens (including phenoxy) is 1. The fraction of sp³-hybridized carbons (Fsp3) is 0.625. The average molecular weight is 263 g/mol. The van der Waals surface area contributed by atoms with E-state index < -0.39 is 0 Å². The summed E-state index contributed by atoms with van der Waals surface area (Å²) in [7, 11) is 0. The lowest BCUT2D eigenvalue weighted by Crippen LogP contribution is -2.26. The molecule has 0 radical (unpaired) electrons. The standard InChI is InChI=1S/C16H22FNO/c17-14-10-13(15-6-1-2-9-18-15)7-8-16(14)19-11-12-4-3-5-12/h7-8,10,12,15,18H,1-6,9,11H2. The van der Waals surface area contributed by atoms with Crippen molar-refractivity contribution in [1.82, 2.24) is 5.32 Å². The molecule has 2 aliphatic rings. The smallest absolute Gasteiger partial charge is 0.165 e. The van der Waals surface area contributed by atoms with Gasteiger partial charge in [-0.3, -0.25) is 0 Å². The van der Waals surface area contributed by atoms with Crippen molar-refractivity contribution < 1.29 is 9.13 Å². The fourth-order valence-electron chi connectivity index (χ4n) is 2.85. The highest BCUT2D eigenvalue weighted by Gasteiger charge is 2.20. The summed E-state index contributed by atoms with van der Waals surface area (Å²) in [5.41, 5.74) is 1.05. The molecule has 2 fully saturated rings. The van der Waals surface area contributed by atoms with Crippen LogP contribution in [0, 0.1) is 11.7 Å². The molecule has 1 aromatic rings. The van der Waals surface area contributed by atoms with Crippen molar-refractivity contribution in [3.8, 4) is 5.75 Å². The maximum atomic E-state index is 14.0. The lowest BCUT2D eigenvalue weighted by atomic mass is 9.86. The third-order valence-electron chi connectivity index (χ3n) is 4.37. The van der Waals surface area contributed by atoms with E-state index in [4.69, 9.17) is 4.74 Å². The van der Waals surface area contributed by atoms with Gasteiger partial charge in [-0.05, 0) is 55.8 Å². The Morgan fingerprint density at radius 3 is 2.68 bits per heavy atom. The van der Waals surface area contributed by atoms with Gasteiger partial charge in [0, 0.05) is 6.04 Å². The van der Waals surface area contributed by atoms with Gasteiger partial charge in [0.2, 0.25) is 0 Å². The highest BCUT2D eigenvalue weighted by Crippen LogP contribution is 2.30. The second kappa shape index (κ2) is 5.91. The van der Waals surface area contributed by atoms with Crippen molar-refractivity contribution in [1.29, 1.82) is 0 Å². The van der Waals surface area contributed by atoms with E-state index in [0.717, 1.165) is 18.5 Å². The van der Waals surface area contributed by atoms with E-state index in [1.54, 1.807) is 12.1 Å². The normalized spacial score (nSPS) is 23.9. The van der Waals surface area contributed by atoms with Gasteiger partial charge in [-0.15, -0.1) is 0 Å². The Balaban J connectivity index is 1.62. The largest absolute Gasteiger partial charge is 0.490 e. The molecule has 1 aliphatic carbocycles. The molecule has 2 nitrogen and oxygen atoms in total. The van der Waals surface area contributed by atoms with Crippen molar-refractivity contribution in [2.24, 2.45) is 5.92 Å². The SMILES string of the molecule is Fc1cc(C2CCCCN2)ccc1OCC1CCC1. The van der Waals surface area contributed by atoms with Crippen molar-refractivity contribution in [2.75, 3.05) is 13.2 Å². The van der Waals surface area contributed by atoms with Crippen LogP contribution in [0.2, 0.25) is 0 Å². The molecule has 1 N–H and O–H groups in total. The molecule has 3 rings (SSSR count). The van der Waals surface area contributed by atoms with Crippen molar-refractivity contribution in [3.63, 3.8) is 0 Å². The van der Waals surface area contributed by atoms with Gasteiger partial charge in [-0.25, -0.2) is 4.39 Å². The van der Waals surface area contributed by atoms with Crippen LogP contribution in [0.15, 0.2) is 18.2 Å². The van der Waals surface area contributed by atoms with Gasteiger partial charge < -0.3 is 10.1 Å². The van der Waals surface area contributed by atoms with Crippen LogP contribution in [-0.4, -0.2) is 13.2 Å². The molecule has 1 saturated heterocycles. The Kier molecular flexibility index (Phi) is 4.02. The Hall–Kier alpha value is -1.09. The van der Waals surface area contributed by atoms with Gasteiger partial charge in [0.25, 0.3) is 0 Å². The maximum absolute atomic E-state index is 14.0. The number of benzene rings is 1. The fourth-order valence-corrected chi connectivity index (χ4v) is 2.85. The zero-order valence-electron chi connectivity index (χ0n) is 11.3. The summed E-state index contributed by atoms with van der Waals surface area (Å²) in [5.74, 6) is 0.828. The van der Waals surface area contributed by atoms with Crippen LogP contribution in [0.4, 0.5) is 4.39 Å². The minimum atomic E-state index is -0.218. The Morgan fingerprint density at radius 2 is 2.05 bits per heavy atom. The number of piperidine rings is 1. The van der Waals surface area contributed by atoms with E-state index in [1.807, 2.05) is 6.07 Å². The van der Waals surface area contributed by atoms with Gasteiger partial charge in [-0.1, -0.05) is 18.9 Å². The van der Waals surface area contributed by atoms with Crippen LogP contribution >= 0.6 is 0 Å². The van der Waals surface area contributed by atoms with E-state index in [2.05, 4.69) is 5.32 Å². The molecule has 3 heteroatoms. The number of rotatable bonds is 4. The molecular formula is C16H22FNO. The Bertz CT molecular complexity index is 425. The highest BCUT2D eigenvalue weighted by molar-refractivity contribution is 5.31. The van der Waals surface area contributed by atoms with E-state index in [0.29, 0.717) is 24.3 Å². The van der Waals surface area contributed by atoms with Gasteiger partial charge in [0.05, 0.1) is 6.61 Å². The first-order valence-electron chi connectivity index (χ1n) is 7.48. The summed E-state index contributed by atoms with van der Waals surface area (Å²) >= 11 is 0. The second-order valence-electron chi connectivity index (χ2n) is 5.80. The summed E-state index contributed by atoms with van der Waals surface area (Å²) in [6.45, 7) is 1.70. The molecule has 19 heavy (non-hydrogen) atoms. The van der Waals surface area contributed by atoms with Crippen molar-refractivity contribution >= 4 is 0 Å². The third kappa shape index (κ3) is 3.08. The predicted molar refractivity (Wildman–Crippen MR) is 73.8 cm³/mol. The lowest BCUT2D eigenvalue weighted by molar-refractivity contribution is 0.175. The monoisotopic (exact) mass is 263 g/mol. The second-order valence-corrected chi connectivity index (χ2v) is 5.80. The Morgan fingerprint density at radius 1 is 1.16 bits per heavy atom. The molecule has 1 heterocycles. The van der Waals surface area contributed by atoms with Gasteiger partial charge >= 0.3 is 0 Å². The molecule has 0 aromatic heterocycles. The summed E-state index contributed by atoms with van der Waals surface area (Å²) in [6.07, 6.45) is 7.29. The first kappa shape index (κ1) is 12.9. The zero-order valence-corrected chi connectivity index (χ0v) is 11.3. The van der Waals surface area contributed by atoms with Crippen LogP contribution in [0.25, 0.3) is 0 Å². The van der Waals surface area contributed by atoms with Crippen LogP contribution in [0.1, 0.15) is 50.1 Å². The molecule has 1 saturated carbocycles. The minimum Gasteiger partial charge on any atom is -0.490 e. The van der Waals surface area contributed by atoms with Crippen molar-refractivity contribution in [2.45, 2.75) is 44.6 Å². The first-order valence-corrected chi connectivity index (χ1v) is 7.48. The molecule has 1 unspecified atom stereocenters. The summed E-state index contributed by atoms with van der Waals surface area (Å²) in [5, 5.41) is 3.44. The molecule has 0 amide bonds. The van der Waals surface area contributed by atoms with Crippen LogP contribution in [-0.2, 0) is 0 Å². The van der Waals surface area contributed by atoms with E-state index in [-0.39, 0.29) is 5.82 Å². The van der Waals surface area contributed by atoms with E-state index in [9.17, 15) is 4.39 Å². The summed E-state index contributed by atoms with van der Waals surface area (Å²) in [4.78, 5) is 0. The molecular weight excluding hydrogens is 241 g/mol. The number of nitrogens with one attached hydrogen (secondary N) is 1. The van der Waals surface area contributed by atoms with Crippen LogP contribution < -0.4 is 10.1 Å². The lowest BCUT2D eigenvalue weighted by Gasteiger charge is -2.26. The predicted octanol–water partition coefficient (Wildman–Crippen LogP) is 3.82. The molecule has 1 aliphatic heterocycles. The van der Waals surface area contributed by atoms with Gasteiger partial charge in [0.15, 0.2) is 11.6 Å². The summed E-state index contributed by atoms with van der Waals surface area (Å²) in [6, 6.07) is 5.74. The Labute approximate surface area is 114 Å².